The van der Waals surface area contributed by atoms with Crippen molar-refractivity contribution in [2.24, 2.45) is 0 Å². The van der Waals surface area contributed by atoms with E-state index in [1.54, 1.807) is 6.33 Å². The van der Waals surface area contributed by atoms with Gasteiger partial charge in [-0.05, 0) is 13.8 Å². The van der Waals surface area contributed by atoms with Crippen LogP contribution in [-0.2, 0) is 4.74 Å². The second-order valence-corrected chi connectivity index (χ2v) is 4.44. The minimum atomic E-state index is 0.0909. The van der Waals surface area contributed by atoms with Crippen molar-refractivity contribution < 1.29 is 4.74 Å². The van der Waals surface area contributed by atoms with Crippen molar-refractivity contribution in [1.29, 1.82) is 0 Å². The first-order valence-corrected chi connectivity index (χ1v) is 5.97. The molecule has 2 atom stereocenters. The van der Waals surface area contributed by atoms with Crippen LogP contribution in [0.1, 0.15) is 12.6 Å². The SMILES string of the molecule is Cc1cc(N2CC(CCl)OCC2C)ncn1. The molecule has 0 radical (unpaired) electrons. The average molecular weight is 242 g/mol. The summed E-state index contributed by atoms with van der Waals surface area (Å²) in [5, 5.41) is 0. The molecule has 0 aromatic carbocycles. The Kier molecular flexibility index (Phi) is 3.61. The molecule has 2 unspecified atom stereocenters. The van der Waals surface area contributed by atoms with Gasteiger partial charge in [0.25, 0.3) is 0 Å². The number of ether oxygens (including phenoxy) is 1. The molecule has 1 aromatic rings. The van der Waals surface area contributed by atoms with Crippen molar-refractivity contribution in [3.63, 3.8) is 0 Å². The number of morpholine rings is 1. The van der Waals surface area contributed by atoms with E-state index in [0.717, 1.165) is 18.1 Å². The van der Waals surface area contributed by atoms with Gasteiger partial charge >= 0.3 is 0 Å². The predicted octanol–water partition coefficient (Wildman–Crippen LogP) is 1.62. The Bertz CT molecular complexity index is 361. The quantitative estimate of drug-likeness (QED) is 0.738. The van der Waals surface area contributed by atoms with Gasteiger partial charge < -0.3 is 9.64 Å². The molecule has 1 aromatic heterocycles. The molecule has 0 saturated carbocycles. The van der Waals surface area contributed by atoms with E-state index in [1.807, 2.05) is 13.0 Å². The summed E-state index contributed by atoms with van der Waals surface area (Å²) in [5.74, 6) is 1.48. The smallest absolute Gasteiger partial charge is 0.132 e. The van der Waals surface area contributed by atoms with Crippen molar-refractivity contribution in [3.05, 3.63) is 18.1 Å². The number of rotatable bonds is 2. The lowest BCUT2D eigenvalue weighted by Crippen LogP contribution is -2.49. The van der Waals surface area contributed by atoms with Crippen molar-refractivity contribution in [2.75, 3.05) is 23.9 Å². The number of hydrogen-bond donors (Lipinski definition) is 0. The summed E-state index contributed by atoms with van der Waals surface area (Å²) in [4.78, 5) is 10.6. The third-order valence-electron chi connectivity index (χ3n) is 2.76. The zero-order valence-electron chi connectivity index (χ0n) is 9.56. The van der Waals surface area contributed by atoms with E-state index < -0.39 is 0 Å². The molecule has 0 bridgehead atoms. The van der Waals surface area contributed by atoms with E-state index >= 15 is 0 Å². The first-order chi connectivity index (χ1) is 7.70. The van der Waals surface area contributed by atoms with Crippen LogP contribution in [0.5, 0.6) is 0 Å². The monoisotopic (exact) mass is 241 g/mol. The number of aryl methyl sites for hydroxylation is 1. The molecule has 1 aliphatic heterocycles. The second kappa shape index (κ2) is 4.97. The summed E-state index contributed by atoms with van der Waals surface area (Å²) in [7, 11) is 0. The maximum absolute atomic E-state index is 5.83. The highest BCUT2D eigenvalue weighted by Gasteiger charge is 2.26. The molecule has 0 amide bonds. The Morgan fingerprint density at radius 3 is 3.06 bits per heavy atom. The van der Waals surface area contributed by atoms with Crippen molar-refractivity contribution >= 4 is 17.4 Å². The molecule has 4 nitrogen and oxygen atoms in total. The van der Waals surface area contributed by atoms with E-state index in [4.69, 9.17) is 16.3 Å². The van der Waals surface area contributed by atoms with Crippen molar-refractivity contribution in [3.8, 4) is 0 Å². The van der Waals surface area contributed by atoms with Crippen LogP contribution < -0.4 is 4.90 Å². The van der Waals surface area contributed by atoms with Crippen LogP contribution in [0.4, 0.5) is 5.82 Å². The molecule has 1 fully saturated rings. The fourth-order valence-corrected chi connectivity index (χ4v) is 2.01. The summed E-state index contributed by atoms with van der Waals surface area (Å²) >= 11 is 5.83. The lowest BCUT2D eigenvalue weighted by Gasteiger charge is -2.38. The number of hydrogen-bond acceptors (Lipinski definition) is 4. The van der Waals surface area contributed by atoms with Crippen LogP contribution in [0.25, 0.3) is 0 Å². The third-order valence-corrected chi connectivity index (χ3v) is 3.11. The van der Waals surface area contributed by atoms with Crippen LogP contribution in [0, 0.1) is 6.92 Å². The fourth-order valence-electron chi connectivity index (χ4n) is 1.83. The van der Waals surface area contributed by atoms with E-state index in [9.17, 15) is 0 Å². The number of nitrogens with zero attached hydrogens (tertiary/aromatic N) is 3. The Labute approximate surface area is 101 Å². The minimum Gasteiger partial charge on any atom is -0.373 e. The first kappa shape index (κ1) is 11.6. The molecule has 16 heavy (non-hydrogen) atoms. The second-order valence-electron chi connectivity index (χ2n) is 4.13. The number of anilines is 1. The normalized spacial score (nSPS) is 25.8. The van der Waals surface area contributed by atoms with Crippen LogP contribution >= 0.6 is 11.6 Å². The fraction of sp³-hybridized carbons (Fsp3) is 0.636. The largest absolute Gasteiger partial charge is 0.373 e. The molecule has 0 spiro atoms. The highest BCUT2D eigenvalue weighted by Crippen LogP contribution is 2.20. The van der Waals surface area contributed by atoms with Gasteiger partial charge in [0.2, 0.25) is 0 Å². The van der Waals surface area contributed by atoms with Crippen LogP contribution in [-0.4, -0.2) is 41.1 Å². The van der Waals surface area contributed by atoms with Gasteiger partial charge in [-0.2, -0.15) is 0 Å². The van der Waals surface area contributed by atoms with Gasteiger partial charge in [-0.15, -0.1) is 11.6 Å². The zero-order chi connectivity index (χ0) is 11.5. The maximum Gasteiger partial charge on any atom is 0.132 e. The van der Waals surface area contributed by atoms with Crippen molar-refractivity contribution in [1.82, 2.24) is 9.97 Å². The highest BCUT2D eigenvalue weighted by molar-refractivity contribution is 6.18. The molecule has 2 rings (SSSR count). The van der Waals surface area contributed by atoms with E-state index in [0.29, 0.717) is 18.5 Å². The summed E-state index contributed by atoms with van der Waals surface area (Å²) < 4.78 is 5.60. The zero-order valence-corrected chi connectivity index (χ0v) is 10.3. The molecule has 1 saturated heterocycles. The van der Waals surface area contributed by atoms with E-state index in [1.165, 1.54) is 0 Å². The summed E-state index contributed by atoms with van der Waals surface area (Å²) in [6.07, 6.45) is 1.69. The van der Waals surface area contributed by atoms with Gasteiger partial charge in [0.1, 0.15) is 12.1 Å². The predicted molar refractivity (Wildman–Crippen MR) is 64.0 cm³/mol. The molecule has 5 heteroatoms. The van der Waals surface area contributed by atoms with E-state index in [-0.39, 0.29) is 6.10 Å². The molecule has 0 N–H and O–H groups in total. The lowest BCUT2D eigenvalue weighted by atomic mass is 10.2. The van der Waals surface area contributed by atoms with Gasteiger partial charge in [0, 0.05) is 18.3 Å². The Hall–Kier alpha value is -0.870. The minimum absolute atomic E-state index is 0.0909. The molecular formula is C11H16ClN3O. The summed E-state index contributed by atoms with van der Waals surface area (Å²) in [6, 6.07) is 2.32. The topological polar surface area (TPSA) is 38.2 Å². The third kappa shape index (κ3) is 2.44. The Morgan fingerprint density at radius 2 is 2.38 bits per heavy atom. The number of aromatic nitrogens is 2. The van der Waals surface area contributed by atoms with Crippen LogP contribution in [0.2, 0.25) is 0 Å². The highest BCUT2D eigenvalue weighted by atomic mass is 35.5. The Balaban J connectivity index is 2.17. The van der Waals surface area contributed by atoms with E-state index in [2.05, 4.69) is 21.8 Å². The van der Waals surface area contributed by atoms with Gasteiger partial charge in [0.15, 0.2) is 0 Å². The standard InChI is InChI=1S/C11H16ClN3O/c1-8-3-11(14-7-13-8)15-5-10(4-12)16-6-9(15)2/h3,7,9-10H,4-6H2,1-2H3. The first-order valence-electron chi connectivity index (χ1n) is 5.43. The van der Waals surface area contributed by atoms with Crippen molar-refractivity contribution in [2.45, 2.75) is 26.0 Å². The molecule has 88 valence electrons. The Morgan fingerprint density at radius 1 is 1.56 bits per heavy atom. The lowest BCUT2D eigenvalue weighted by molar-refractivity contribution is 0.0361. The van der Waals surface area contributed by atoms with Gasteiger partial charge in [-0.1, -0.05) is 0 Å². The maximum atomic E-state index is 5.83. The summed E-state index contributed by atoms with van der Waals surface area (Å²) in [5.41, 5.74) is 0.978. The molecule has 2 heterocycles. The molecular weight excluding hydrogens is 226 g/mol. The van der Waals surface area contributed by atoms with Gasteiger partial charge in [-0.3, -0.25) is 0 Å². The summed E-state index contributed by atoms with van der Waals surface area (Å²) in [6.45, 7) is 5.58. The number of halogens is 1. The van der Waals surface area contributed by atoms with Gasteiger partial charge in [-0.25, -0.2) is 9.97 Å². The average Bonchev–Trinajstić information content (AvgIpc) is 2.30. The molecule has 0 aliphatic carbocycles. The van der Waals surface area contributed by atoms with Gasteiger partial charge in [0.05, 0.1) is 24.6 Å². The number of alkyl halides is 1. The molecule has 1 aliphatic rings. The van der Waals surface area contributed by atoms with Crippen LogP contribution in [0.3, 0.4) is 0 Å². The van der Waals surface area contributed by atoms with Crippen LogP contribution in [0.15, 0.2) is 12.4 Å².